The molecule has 96 valence electrons. The maximum atomic E-state index is 10.1. The third-order valence-electron chi connectivity index (χ3n) is 3.01. The fourth-order valence-electron chi connectivity index (χ4n) is 2.02. The summed E-state index contributed by atoms with van der Waals surface area (Å²) in [6.45, 7) is 5.53. The van der Waals surface area contributed by atoms with Crippen LogP contribution in [-0.4, -0.2) is 18.2 Å². The molecular weight excluding hydrogens is 226 g/mol. The number of hydrogen-bond donors (Lipinski definition) is 1. The summed E-state index contributed by atoms with van der Waals surface area (Å²) in [5.74, 6) is 0.612. The van der Waals surface area contributed by atoms with Crippen LogP contribution in [0, 0.1) is 6.92 Å². The standard InChI is InChI=1S/C15H19NO2/c1-3-16(13-7-4-6-12(2)10-13)11-14(17)15-8-5-9-18-15/h4-10,14,17H,3,11H2,1-2H3. The first-order chi connectivity index (χ1) is 8.70. The van der Waals surface area contributed by atoms with Gasteiger partial charge in [0.1, 0.15) is 11.9 Å². The predicted molar refractivity (Wildman–Crippen MR) is 72.7 cm³/mol. The molecule has 18 heavy (non-hydrogen) atoms. The third kappa shape index (κ3) is 2.93. The van der Waals surface area contributed by atoms with Crippen LogP contribution < -0.4 is 4.90 Å². The molecule has 1 unspecified atom stereocenters. The van der Waals surface area contributed by atoms with Crippen molar-refractivity contribution in [2.24, 2.45) is 0 Å². The number of aliphatic hydroxyl groups excluding tert-OH is 1. The quantitative estimate of drug-likeness (QED) is 0.879. The minimum atomic E-state index is -0.597. The van der Waals surface area contributed by atoms with Crippen molar-refractivity contribution in [2.75, 3.05) is 18.0 Å². The molecule has 1 aromatic carbocycles. The van der Waals surface area contributed by atoms with E-state index in [2.05, 4.69) is 36.9 Å². The Morgan fingerprint density at radius 2 is 2.11 bits per heavy atom. The van der Waals surface area contributed by atoms with Gasteiger partial charge in [-0.15, -0.1) is 0 Å². The summed E-state index contributed by atoms with van der Waals surface area (Å²) in [5, 5.41) is 10.1. The molecule has 0 aliphatic carbocycles. The van der Waals surface area contributed by atoms with E-state index >= 15 is 0 Å². The first-order valence-corrected chi connectivity index (χ1v) is 6.23. The van der Waals surface area contributed by atoms with Crippen molar-refractivity contribution in [3.8, 4) is 0 Å². The maximum absolute atomic E-state index is 10.1. The number of nitrogens with zero attached hydrogens (tertiary/aromatic N) is 1. The van der Waals surface area contributed by atoms with Crippen LogP contribution in [0.15, 0.2) is 47.1 Å². The first kappa shape index (κ1) is 12.7. The summed E-state index contributed by atoms with van der Waals surface area (Å²) in [5.41, 5.74) is 2.35. The summed E-state index contributed by atoms with van der Waals surface area (Å²) in [6.07, 6.45) is 0.988. The molecule has 0 fully saturated rings. The number of rotatable bonds is 5. The van der Waals surface area contributed by atoms with Gasteiger partial charge in [0.05, 0.1) is 12.8 Å². The molecule has 0 saturated heterocycles. The lowest BCUT2D eigenvalue weighted by Crippen LogP contribution is -2.28. The van der Waals surface area contributed by atoms with Gasteiger partial charge in [0.15, 0.2) is 0 Å². The van der Waals surface area contributed by atoms with Gasteiger partial charge in [-0.25, -0.2) is 0 Å². The third-order valence-corrected chi connectivity index (χ3v) is 3.01. The van der Waals surface area contributed by atoms with E-state index in [-0.39, 0.29) is 0 Å². The molecule has 2 aromatic rings. The largest absolute Gasteiger partial charge is 0.467 e. The van der Waals surface area contributed by atoms with Crippen LogP contribution in [0.1, 0.15) is 24.4 Å². The van der Waals surface area contributed by atoms with Crippen LogP contribution in [0.2, 0.25) is 0 Å². The van der Waals surface area contributed by atoms with Crippen LogP contribution in [0.4, 0.5) is 5.69 Å². The predicted octanol–water partition coefficient (Wildman–Crippen LogP) is 3.15. The van der Waals surface area contributed by atoms with E-state index in [0.29, 0.717) is 12.3 Å². The lowest BCUT2D eigenvalue weighted by Gasteiger charge is -2.25. The Hall–Kier alpha value is -1.74. The molecule has 0 bridgehead atoms. The fraction of sp³-hybridized carbons (Fsp3) is 0.333. The van der Waals surface area contributed by atoms with Crippen molar-refractivity contribution in [1.29, 1.82) is 0 Å². The van der Waals surface area contributed by atoms with Crippen molar-refractivity contribution < 1.29 is 9.52 Å². The molecule has 0 radical (unpaired) electrons. The first-order valence-electron chi connectivity index (χ1n) is 6.23. The molecule has 1 N–H and O–H groups in total. The number of furan rings is 1. The highest BCUT2D eigenvalue weighted by Gasteiger charge is 2.15. The van der Waals surface area contributed by atoms with Gasteiger partial charge in [0.25, 0.3) is 0 Å². The number of aliphatic hydroxyl groups is 1. The Bertz CT molecular complexity index is 479. The molecule has 1 aromatic heterocycles. The Morgan fingerprint density at radius 3 is 2.72 bits per heavy atom. The molecule has 1 heterocycles. The Kier molecular flexibility index (Phi) is 4.05. The van der Waals surface area contributed by atoms with Gasteiger partial charge in [0, 0.05) is 12.2 Å². The summed E-state index contributed by atoms with van der Waals surface area (Å²) in [4.78, 5) is 2.14. The van der Waals surface area contributed by atoms with Gasteiger partial charge in [-0.1, -0.05) is 12.1 Å². The number of hydrogen-bond acceptors (Lipinski definition) is 3. The molecule has 3 nitrogen and oxygen atoms in total. The van der Waals surface area contributed by atoms with Gasteiger partial charge < -0.3 is 14.4 Å². The zero-order valence-corrected chi connectivity index (χ0v) is 10.8. The molecule has 0 amide bonds. The minimum absolute atomic E-state index is 0.535. The summed E-state index contributed by atoms with van der Waals surface area (Å²) < 4.78 is 5.22. The molecule has 0 saturated carbocycles. The average Bonchev–Trinajstić information content (AvgIpc) is 2.89. The van der Waals surface area contributed by atoms with Crippen molar-refractivity contribution >= 4 is 5.69 Å². The number of likely N-dealkylation sites (N-methyl/N-ethyl adjacent to an activating group) is 1. The molecule has 3 heteroatoms. The van der Waals surface area contributed by atoms with Gasteiger partial charge >= 0.3 is 0 Å². The molecule has 1 atom stereocenters. The van der Waals surface area contributed by atoms with Gasteiger partial charge in [0.2, 0.25) is 0 Å². The highest BCUT2D eigenvalue weighted by molar-refractivity contribution is 5.48. The second-order valence-electron chi connectivity index (χ2n) is 4.41. The normalized spacial score (nSPS) is 12.4. The van der Waals surface area contributed by atoms with Crippen LogP contribution in [0.3, 0.4) is 0 Å². The topological polar surface area (TPSA) is 36.6 Å². The van der Waals surface area contributed by atoms with E-state index in [0.717, 1.165) is 12.2 Å². The van der Waals surface area contributed by atoms with Crippen molar-refractivity contribution in [3.05, 3.63) is 54.0 Å². The van der Waals surface area contributed by atoms with E-state index in [9.17, 15) is 5.11 Å². The number of benzene rings is 1. The second-order valence-corrected chi connectivity index (χ2v) is 4.41. The van der Waals surface area contributed by atoms with E-state index in [1.165, 1.54) is 5.56 Å². The lowest BCUT2D eigenvalue weighted by atomic mass is 10.2. The molecule has 0 aliphatic heterocycles. The summed E-state index contributed by atoms with van der Waals surface area (Å²) in [6, 6.07) is 11.9. The molecule has 0 spiro atoms. The highest BCUT2D eigenvalue weighted by Crippen LogP contribution is 2.20. The van der Waals surface area contributed by atoms with Gasteiger partial charge in [-0.05, 0) is 43.7 Å². The SMILES string of the molecule is CCN(CC(O)c1ccco1)c1cccc(C)c1. The fourth-order valence-corrected chi connectivity index (χ4v) is 2.02. The average molecular weight is 245 g/mol. The molecular formula is C15H19NO2. The van der Waals surface area contributed by atoms with Crippen LogP contribution in [0.25, 0.3) is 0 Å². The monoisotopic (exact) mass is 245 g/mol. The maximum Gasteiger partial charge on any atom is 0.134 e. The molecule has 0 aliphatic rings. The lowest BCUT2D eigenvalue weighted by molar-refractivity contribution is 0.155. The zero-order chi connectivity index (χ0) is 13.0. The Balaban J connectivity index is 2.10. The van der Waals surface area contributed by atoms with Gasteiger partial charge in [-0.2, -0.15) is 0 Å². The second kappa shape index (κ2) is 5.74. The van der Waals surface area contributed by atoms with Crippen molar-refractivity contribution in [1.82, 2.24) is 0 Å². The van der Waals surface area contributed by atoms with E-state index < -0.39 is 6.10 Å². The minimum Gasteiger partial charge on any atom is -0.467 e. The van der Waals surface area contributed by atoms with Crippen LogP contribution in [-0.2, 0) is 0 Å². The van der Waals surface area contributed by atoms with Crippen LogP contribution in [0.5, 0.6) is 0 Å². The summed E-state index contributed by atoms with van der Waals surface area (Å²) in [7, 11) is 0. The van der Waals surface area contributed by atoms with Crippen molar-refractivity contribution in [2.45, 2.75) is 20.0 Å². The smallest absolute Gasteiger partial charge is 0.134 e. The number of aryl methyl sites for hydroxylation is 1. The Morgan fingerprint density at radius 1 is 1.28 bits per heavy atom. The van der Waals surface area contributed by atoms with Crippen LogP contribution >= 0.6 is 0 Å². The highest BCUT2D eigenvalue weighted by atomic mass is 16.4. The van der Waals surface area contributed by atoms with E-state index in [1.54, 1.807) is 18.4 Å². The van der Waals surface area contributed by atoms with Crippen molar-refractivity contribution in [3.63, 3.8) is 0 Å². The Labute approximate surface area is 108 Å². The zero-order valence-electron chi connectivity index (χ0n) is 10.8. The van der Waals surface area contributed by atoms with Gasteiger partial charge in [-0.3, -0.25) is 0 Å². The molecule has 2 rings (SSSR count). The number of anilines is 1. The summed E-state index contributed by atoms with van der Waals surface area (Å²) >= 11 is 0. The van der Waals surface area contributed by atoms with E-state index in [1.807, 2.05) is 6.07 Å². The van der Waals surface area contributed by atoms with E-state index in [4.69, 9.17) is 4.42 Å².